The van der Waals surface area contributed by atoms with Crippen LogP contribution in [-0.2, 0) is 6.54 Å². The van der Waals surface area contributed by atoms with E-state index in [-0.39, 0.29) is 0 Å². The van der Waals surface area contributed by atoms with Crippen molar-refractivity contribution >= 4 is 11.3 Å². The Morgan fingerprint density at radius 1 is 1.57 bits per heavy atom. The number of hydrogen-bond acceptors (Lipinski definition) is 3. The van der Waals surface area contributed by atoms with Crippen LogP contribution in [0.25, 0.3) is 10.6 Å². The third kappa shape index (κ3) is 1.86. The Morgan fingerprint density at radius 3 is 3.21 bits per heavy atom. The smallest absolute Gasteiger partial charge is 0.0951 e. The molecule has 3 nitrogen and oxygen atoms in total. The molecule has 2 aromatic rings. The molecule has 0 saturated carbocycles. The lowest BCUT2D eigenvalue weighted by Crippen LogP contribution is -2.14. The van der Waals surface area contributed by atoms with Crippen LogP contribution in [0.3, 0.4) is 0 Å². The second-order valence-electron chi connectivity index (χ2n) is 3.05. The van der Waals surface area contributed by atoms with Crippen LogP contribution in [-0.4, -0.2) is 23.1 Å². The summed E-state index contributed by atoms with van der Waals surface area (Å²) in [6.45, 7) is 1.93. The lowest BCUT2D eigenvalue weighted by molar-refractivity contribution is 0.649. The number of rotatable bonds is 4. The molecule has 14 heavy (non-hydrogen) atoms. The Morgan fingerprint density at radius 2 is 2.50 bits per heavy atom. The van der Waals surface area contributed by atoms with Crippen molar-refractivity contribution in [2.24, 2.45) is 0 Å². The van der Waals surface area contributed by atoms with Crippen LogP contribution in [0.4, 0.5) is 0 Å². The van der Waals surface area contributed by atoms with Crippen molar-refractivity contribution in [3.63, 3.8) is 0 Å². The molecule has 4 heteroatoms. The van der Waals surface area contributed by atoms with Crippen LogP contribution in [0, 0.1) is 0 Å². The first kappa shape index (κ1) is 9.43. The third-order valence-corrected chi connectivity index (χ3v) is 2.98. The van der Waals surface area contributed by atoms with Crippen LogP contribution >= 0.6 is 11.3 Å². The summed E-state index contributed by atoms with van der Waals surface area (Å²) in [7, 11) is 1.96. The largest absolute Gasteiger partial charge is 0.329 e. The molecule has 0 saturated heterocycles. The van der Waals surface area contributed by atoms with E-state index in [1.165, 1.54) is 10.6 Å². The Labute approximate surface area is 87.4 Å². The normalized spacial score (nSPS) is 10.6. The number of imidazole rings is 1. The molecule has 0 aliphatic rings. The maximum absolute atomic E-state index is 4.17. The number of hydrogen-bond donors (Lipinski definition) is 1. The van der Waals surface area contributed by atoms with Crippen LogP contribution in [0.15, 0.2) is 30.0 Å². The predicted molar refractivity (Wildman–Crippen MR) is 59.5 cm³/mol. The summed E-state index contributed by atoms with van der Waals surface area (Å²) in [6, 6.07) is 4.19. The monoisotopic (exact) mass is 207 g/mol. The van der Waals surface area contributed by atoms with Crippen molar-refractivity contribution in [3.8, 4) is 10.6 Å². The van der Waals surface area contributed by atoms with Crippen molar-refractivity contribution in [2.75, 3.05) is 13.6 Å². The molecule has 0 aromatic carbocycles. The van der Waals surface area contributed by atoms with Gasteiger partial charge in [0, 0.05) is 13.1 Å². The highest BCUT2D eigenvalue weighted by molar-refractivity contribution is 7.13. The summed E-state index contributed by atoms with van der Waals surface area (Å²) < 4.78 is 2.17. The van der Waals surface area contributed by atoms with Crippen molar-refractivity contribution in [1.82, 2.24) is 14.9 Å². The second kappa shape index (κ2) is 4.39. The van der Waals surface area contributed by atoms with E-state index in [4.69, 9.17) is 0 Å². The standard InChI is InChI=1S/C10H13N3S/c1-11-4-5-13-8-12-7-9(13)10-3-2-6-14-10/h2-3,6-8,11H,4-5H2,1H3. The summed E-state index contributed by atoms with van der Waals surface area (Å²) >= 11 is 1.75. The van der Waals surface area contributed by atoms with Gasteiger partial charge in [0.15, 0.2) is 0 Å². The Balaban J connectivity index is 2.22. The van der Waals surface area contributed by atoms with Crippen molar-refractivity contribution < 1.29 is 0 Å². The summed E-state index contributed by atoms with van der Waals surface area (Å²) in [5, 5.41) is 5.22. The maximum Gasteiger partial charge on any atom is 0.0951 e. The molecule has 2 aromatic heterocycles. The molecule has 0 amide bonds. The minimum Gasteiger partial charge on any atom is -0.329 e. The zero-order chi connectivity index (χ0) is 9.80. The fourth-order valence-electron chi connectivity index (χ4n) is 1.36. The Kier molecular flexibility index (Phi) is 2.96. The van der Waals surface area contributed by atoms with Crippen LogP contribution in [0.2, 0.25) is 0 Å². The van der Waals surface area contributed by atoms with Gasteiger partial charge in [-0.1, -0.05) is 6.07 Å². The topological polar surface area (TPSA) is 29.9 Å². The second-order valence-corrected chi connectivity index (χ2v) is 4.00. The highest BCUT2D eigenvalue weighted by Crippen LogP contribution is 2.23. The van der Waals surface area contributed by atoms with Crippen LogP contribution < -0.4 is 5.32 Å². The fraction of sp³-hybridized carbons (Fsp3) is 0.300. The minimum atomic E-state index is 0.962. The van der Waals surface area contributed by atoms with Gasteiger partial charge >= 0.3 is 0 Å². The molecule has 1 N–H and O–H groups in total. The fourth-order valence-corrected chi connectivity index (χ4v) is 2.11. The van der Waals surface area contributed by atoms with Gasteiger partial charge in [-0.25, -0.2) is 4.98 Å². The van der Waals surface area contributed by atoms with Crippen molar-refractivity contribution in [2.45, 2.75) is 6.54 Å². The van der Waals surface area contributed by atoms with Gasteiger partial charge in [-0.15, -0.1) is 11.3 Å². The summed E-state index contributed by atoms with van der Waals surface area (Å²) in [5.74, 6) is 0. The highest BCUT2D eigenvalue weighted by atomic mass is 32.1. The number of aromatic nitrogens is 2. The Bertz CT molecular complexity index is 378. The molecule has 0 atom stereocenters. The quantitative estimate of drug-likeness (QED) is 0.829. The molecule has 0 aliphatic heterocycles. The van der Waals surface area contributed by atoms with Crippen molar-refractivity contribution in [1.29, 1.82) is 0 Å². The first-order chi connectivity index (χ1) is 6.92. The van der Waals surface area contributed by atoms with E-state index in [1.807, 2.05) is 19.6 Å². The number of nitrogens with zero attached hydrogens (tertiary/aromatic N) is 2. The summed E-state index contributed by atoms with van der Waals surface area (Å²) in [5.41, 5.74) is 1.20. The van der Waals surface area contributed by atoms with E-state index in [9.17, 15) is 0 Å². The molecule has 0 spiro atoms. The molecule has 2 rings (SSSR count). The predicted octanol–water partition coefficient (Wildman–Crippen LogP) is 1.83. The van der Waals surface area contributed by atoms with Crippen molar-refractivity contribution in [3.05, 3.63) is 30.0 Å². The number of thiophene rings is 1. The maximum atomic E-state index is 4.17. The van der Waals surface area contributed by atoms with Gasteiger partial charge in [0.1, 0.15) is 0 Å². The SMILES string of the molecule is CNCCn1cncc1-c1cccs1. The first-order valence-corrected chi connectivity index (χ1v) is 5.48. The summed E-state index contributed by atoms with van der Waals surface area (Å²) in [6.07, 6.45) is 3.80. The van der Waals surface area contributed by atoms with Gasteiger partial charge < -0.3 is 9.88 Å². The lowest BCUT2D eigenvalue weighted by Gasteiger charge is -2.05. The van der Waals surface area contributed by atoms with Gasteiger partial charge in [0.05, 0.1) is 23.1 Å². The van der Waals surface area contributed by atoms with E-state index in [1.54, 1.807) is 11.3 Å². The van der Waals surface area contributed by atoms with Gasteiger partial charge in [-0.2, -0.15) is 0 Å². The highest BCUT2D eigenvalue weighted by Gasteiger charge is 2.04. The van der Waals surface area contributed by atoms with Gasteiger partial charge in [0.2, 0.25) is 0 Å². The third-order valence-electron chi connectivity index (χ3n) is 2.09. The molecule has 74 valence electrons. The Hall–Kier alpha value is -1.13. The van der Waals surface area contributed by atoms with Crippen LogP contribution in [0.1, 0.15) is 0 Å². The number of nitrogens with one attached hydrogen (secondary N) is 1. The average Bonchev–Trinajstić information content (AvgIpc) is 2.84. The molecule has 0 aliphatic carbocycles. The average molecular weight is 207 g/mol. The molecule has 2 heterocycles. The first-order valence-electron chi connectivity index (χ1n) is 4.60. The van der Waals surface area contributed by atoms with E-state index < -0.39 is 0 Å². The molecule has 0 bridgehead atoms. The lowest BCUT2D eigenvalue weighted by atomic mass is 10.3. The zero-order valence-electron chi connectivity index (χ0n) is 8.10. The summed E-state index contributed by atoms with van der Waals surface area (Å²) in [4.78, 5) is 5.45. The molecule has 0 radical (unpaired) electrons. The van der Waals surface area contributed by atoms with Crippen LogP contribution in [0.5, 0.6) is 0 Å². The van der Waals surface area contributed by atoms with E-state index >= 15 is 0 Å². The number of likely N-dealkylation sites (N-methyl/N-ethyl adjacent to an activating group) is 1. The van der Waals surface area contributed by atoms with Gasteiger partial charge in [-0.05, 0) is 18.5 Å². The van der Waals surface area contributed by atoms with E-state index in [0.29, 0.717) is 0 Å². The molecular weight excluding hydrogens is 194 g/mol. The van der Waals surface area contributed by atoms with Gasteiger partial charge in [0.25, 0.3) is 0 Å². The van der Waals surface area contributed by atoms with E-state index in [0.717, 1.165) is 13.1 Å². The molecule has 0 unspecified atom stereocenters. The van der Waals surface area contributed by atoms with Gasteiger partial charge in [-0.3, -0.25) is 0 Å². The molecular formula is C10H13N3S. The van der Waals surface area contributed by atoms with E-state index in [2.05, 4.69) is 32.4 Å². The molecule has 0 fully saturated rings. The minimum absolute atomic E-state index is 0.962. The zero-order valence-corrected chi connectivity index (χ0v) is 8.92.